The summed E-state index contributed by atoms with van der Waals surface area (Å²) in [5.74, 6) is 0.330. The van der Waals surface area contributed by atoms with Crippen molar-refractivity contribution < 1.29 is 109 Å². The van der Waals surface area contributed by atoms with Crippen LogP contribution >= 0.6 is 0 Å². The number of aliphatic hydroxyl groups is 13. The second-order valence-electron chi connectivity index (χ2n) is 23.4. The molecule has 0 aromatic carbocycles. The molecule has 5 saturated heterocycles. The molecule has 22 heteroatoms. The zero-order valence-electron chi connectivity index (χ0n) is 41.2. The number of hydrogen-bond acceptors (Lipinski definition) is 22. The third-order valence-electron chi connectivity index (χ3n) is 19.3. The van der Waals surface area contributed by atoms with Crippen molar-refractivity contribution in [3.05, 3.63) is 0 Å². The zero-order valence-corrected chi connectivity index (χ0v) is 41.2. The molecule has 0 radical (unpaired) electrons. The average molecular weight is 1020 g/mol. The fourth-order valence-corrected chi connectivity index (χ4v) is 15.1. The second kappa shape index (κ2) is 21.5. The summed E-state index contributed by atoms with van der Waals surface area (Å²) < 4.78 is 54.0. The molecular weight excluding hydrogens is 941 g/mol. The minimum atomic E-state index is -1.72. The summed E-state index contributed by atoms with van der Waals surface area (Å²) in [7, 11) is 0. The Kier molecular flexibility index (Phi) is 16.6. The SMILES string of the molecule is CC(CCC1(O)OC2CC3C4CCC5CC(OC6OC(CO)C(OC7OCC(O)C(O)C7O)C(O)C6OC6OCC(O)C(O)C6O)CCC5(C)C4CCC3(C)C2C1C)COC1OC(CO)C(O)C(O)C1O. The minimum Gasteiger partial charge on any atom is -0.394 e. The van der Waals surface area contributed by atoms with Crippen LogP contribution in [0.4, 0.5) is 0 Å². The van der Waals surface area contributed by atoms with Crippen LogP contribution in [0.25, 0.3) is 0 Å². The molecule has 22 nitrogen and oxygen atoms in total. The van der Waals surface area contributed by atoms with Gasteiger partial charge in [0, 0.05) is 12.3 Å². The molecule has 5 aliphatic heterocycles. The molecule has 30 unspecified atom stereocenters. The van der Waals surface area contributed by atoms with E-state index < -0.39 is 130 Å². The molecule has 0 aromatic rings. The Bertz CT molecular complexity index is 1770. The Labute approximate surface area is 414 Å². The number of rotatable bonds is 14. The van der Waals surface area contributed by atoms with Crippen molar-refractivity contribution in [1.82, 2.24) is 0 Å². The third-order valence-corrected chi connectivity index (χ3v) is 19.3. The summed E-state index contributed by atoms with van der Waals surface area (Å²) >= 11 is 0. The molecule has 0 spiro atoms. The average Bonchev–Trinajstić information content (AvgIpc) is 3.79. The highest BCUT2D eigenvalue weighted by atomic mass is 16.8. The minimum absolute atomic E-state index is 0.00817. The number of aliphatic hydroxyl groups excluding tert-OH is 12. The van der Waals surface area contributed by atoms with Gasteiger partial charge in [-0.25, -0.2) is 0 Å². The van der Waals surface area contributed by atoms with Crippen LogP contribution < -0.4 is 0 Å². The largest absolute Gasteiger partial charge is 0.394 e. The fraction of sp³-hybridized carbons (Fsp3) is 1.00. The van der Waals surface area contributed by atoms with Gasteiger partial charge in [-0.2, -0.15) is 0 Å². The van der Waals surface area contributed by atoms with Gasteiger partial charge in [-0.3, -0.25) is 0 Å². The molecule has 4 saturated carbocycles. The maximum absolute atomic E-state index is 12.1. The van der Waals surface area contributed by atoms with Gasteiger partial charge in [0.15, 0.2) is 30.9 Å². The van der Waals surface area contributed by atoms with E-state index in [0.29, 0.717) is 49.4 Å². The predicted molar refractivity (Wildman–Crippen MR) is 240 cm³/mol. The summed E-state index contributed by atoms with van der Waals surface area (Å²) in [5, 5.41) is 137. The Hall–Kier alpha value is -0.880. The van der Waals surface area contributed by atoms with Gasteiger partial charge in [-0.1, -0.05) is 27.7 Å². The lowest BCUT2D eigenvalue weighted by Crippen LogP contribution is -2.66. The molecule has 9 rings (SSSR count). The van der Waals surface area contributed by atoms with E-state index in [0.717, 1.165) is 38.5 Å². The second-order valence-corrected chi connectivity index (χ2v) is 23.4. The van der Waals surface area contributed by atoms with Crippen LogP contribution in [0.1, 0.15) is 91.9 Å². The molecule has 0 aromatic heterocycles. The smallest absolute Gasteiger partial charge is 0.187 e. The van der Waals surface area contributed by atoms with Gasteiger partial charge < -0.3 is 109 Å². The van der Waals surface area contributed by atoms with Crippen LogP contribution in [0.15, 0.2) is 0 Å². The molecular formula is C49H82O22. The first kappa shape index (κ1) is 54.9. The Morgan fingerprint density at radius 1 is 0.606 bits per heavy atom. The molecule has 71 heavy (non-hydrogen) atoms. The van der Waals surface area contributed by atoms with E-state index in [9.17, 15) is 66.4 Å². The van der Waals surface area contributed by atoms with E-state index in [1.165, 1.54) is 0 Å². The first-order valence-electron chi connectivity index (χ1n) is 26.2. The molecule has 0 amide bonds. The first-order valence-corrected chi connectivity index (χ1v) is 26.2. The molecule has 9 fully saturated rings. The monoisotopic (exact) mass is 1020 g/mol. The first-order chi connectivity index (χ1) is 33.6. The third kappa shape index (κ3) is 10.0. The summed E-state index contributed by atoms with van der Waals surface area (Å²) in [4.78, 5) is 0. The van der Waals surface area contributed by atoms with Crippen molar-refractivity contribution in [1.29, 1.82) is 0 Å². The highest BCUT2D eigenvalue weighted by molar-refractivity contribution is 5.15. The summed E-state index contributed by atoms with van der Waals surface area (Å²) in [5.41, 5.74) is -0.0175. The van der Waals surface area contributed by atoms with Gasteiger partial charge in [0.05, 0.1) is 45.2 Å². The molecule has 5 heterocycles. The lowest BCUT2D eigenvalue weighted by Gasteiger charge is -2.61. The normalized spacial score (nSPS) is 55.7. The maximum atomic E-state index is 12.1. The Balaban J connectivity index is 0.821. The van der Waals surface area contributed by atoms with Crippen LogP contribution in [-0.2, 0) is 42.6 Å². The van der Waals surface area contributed by atoms with Crippen molar-refractivity contribution in [3.8, 4) is 0 Å². The quantitative estimate of drug-likeness (QED) is 0.0789. The van der Waals surface area contributed by atoms with Crippen LogP contribution in [0, 0.1) is 52.3 Å². The predicted octanol–water partition coefficient (Wildman–Crippen LogP) is -2.68. The van der Waals surface area contributed by atoms with E-state index in [2.05, 4.69) is 20.8 Å². The lowest BCUT2D eigenvalue weighted by molar-refractivity contribution is -0.382. The van der Waals surface area contributed by atoms with Crippen molar-refractivity contribution >= 4 is 0 Å². The standard InChI is InChI=1S/C49H82O22/c1-20(17-63-43-39(60)36(57)35(56)30(15-50)67-43)7-12-49(62)21(2)32-29(71-49)14-26-24-6-5-22-13-23(8-10-47(22,3)25(24)9-11-48(26,32)4)66-46-42(70-45-38(59)34(55)28(53)19-65-45)40(61)41(31(16-51)68-46)69-44-37(58)33(54)27(52)18-64-44/h20-46,50-62H,5-19H2,1-4H3. The van der Waals surface area contributed by atoms with Crippen molar-refractivity contribution in [3.63, 3.8) is 0 Å². The lowest BCUT2D eigenvalue weighted by atomic mass is 9.44. The van der Waals surface area contributed by atoms with Crippen molar-refractivity contribution in [2.75, 3.05) is 33.0 Å². The van der Waals surface area contributed by atoms with Gasteiger partial charge in [0.2, 0.25) is 0 Å². The van der Waals surface area contributed by atoms with Gasteiger partial charge in [0.1, 0.15) is 85.5 Å². The molecule has 4 aliphatic carbocycles. The summed E-state index contributed by atoms with van der Waals surface area (Å²) in [6.45, 7) is 7.09. The summed E-state index contributed by atoms with van der Waals surface area (Å²) in [6.07, 6.45) is -18.8. The summed E-state index contributed by atoms with van der Waals surface area (Å²) in [6, 6.07) is 0. The number of hydrogen-bond donors (Lipinski definition) is 13. The van der Waals surface area contributed by atoms with Crippen LogP contribution in [0.5, 0.6) is 0 Å². The van der Waals surface area contributed by atoms with E-state index in [1.807, 2.05) is 6.92 Å². The maximum Gasteiger partial charge on any atom is 0.187 e. The topological polar surface area (TPSA) is 346 Å². The van der Waals surface area contributed by atoms with Gasteiger partial charge >= 0.3 is 0 Å². The van der Waals surface area contributed by atoms with Gasteiger partial charge in [-0.15, -0.1) is 0 Å². The number of fused-ring (bicyclic) bond motifs is 7. The molecule has 410 valence electrons. The van der Waals surface area contributed by atoms with E-state index in [4.69, 9.17) is 42.6 Å². The van der Waals surface area contributed by atoms with E-state index in [1.54, 1.807) is 0 Å². The van der Waals surface area contributed by atoms with Crippen LogP contribution in [-0.4, -0.2) is 228 Å². The van der Waals surface area contributed by atoms with Gasteiger partial charge in [0.25, 0.3) is 0 Å². The zero-order chi connectivity index (χ0) is 51.1. The molecule has 30 atom stereocenters. The Morgan fingerprint density at radius 2 is 1.21 bits per heavy atom. The van der Waals surface area contributed by atoms with E-state index in [-0.39, 0.29) is 60.6 Å². The van der Waals surface area contributed by atoms with Crippen molar-refractivity contribution in [2.45, 2.75) is 221 Å². The number of ether oxygens (including phenoxy) is 9. The molecule has 0 bridgehead atoms. The Morgan fingerprint density at radius 3 is 1.86 bits per heavy atom. The van der Waals surface area contributed by atoms with Gasteiger partial charge in [-0.05, 0) is 104 Å². The van der Waals surface area contributed by atoms with Crippen LogP contribution in [0.3, 0.4) is 0 Å². The van der Waals surface area contributed by atoms with E-state index >= 15 is 0 Å². The van der Waals surface area contributed by atoms with Crippen molar-refractivity contribution in [2.24, 2.45) is 52.3 Å². The fourth-order valence-electron chi connectivity index (χ4n) is 15.1. The highest BCUT2D eigenvalue weighted by Gasteiger charge is 2.68. The van der Waals surface area contributed by atoms with Crippen LogP contribution in [0.2, 0.25) is 0 Å². The molecule has 13 N–H and O–H groups in total. The highest BCUT2D eigenvalue weighted by Crippen LogP contribution is 2.71. The molecule has 9 aliphatic rings.